The van der Waals surface area contributed by atoms with Crippen molar-refractivity contribution in [2.75, 3.05) is 36.0 Å². The summed E-state index contributed by atoms with van der Waals surface area (Å²) in [5.74, 6) is 0.418. The van der Waals surface area contributed by atoms with Gasteiger partial charge in [0.15, 0.2) is 0 Å². The van der Waals surface area contributed by atoms with Gasteiger partial charge in [0.25, 0.3) is 0 Å². The molecule has 1 aromatic heterocycles. The molecule has 28 heavy (non-hydrogen) atoms. The molecule has 0 amide bonds. The summed E-state index contributed by atoms with van der Waals surface area (Å²) in [6.07, 6.45) is -1.93. The van der Waals surface area contributed by atoms with Crippen LogP contribution in [0.15, 0.2) is 52.8 Å². The first-order valence-corrected chi connectivity index (χ1v) is 8.59. The fourth-order valence-electron chi connectivity index (χ4n) is 2.96. The molecule has 3 rings (SSSR count). The molecule has 0 atom stereocenters. The van der Waals surface area contributed by atoms with E-state index < -0.39 is 11.7 Å². The Morgan fingerprint density at radius 2 is 1.68 bits per heavy atom. The number of alkyl halides is 3. The number of anilines is 2. The zero-order valence-electron chi connectivity index (χ0n) is 15.0. The van der Waals surface area contributed by atoms with Crippen molar-refractivity contribution in [3.8, 4) is 0 Å². The summed E-state index contributed by atoms with van der Waals surface area (Å²) < 4.78 is 38.0. The van der Waals surface area contributed by atoms with Crippen LogP contribution < -0.4 is 21.3 Å². The third-order valence-corrected chi connectivity index (χ3v) is 4.33. The highest BCUT2D eigenvalue weighted by Gasteiger charge is 2.31. The van der Waals surface area contributed by atoms with Crippen molar-refractivity contribution in [3.05, 3.63) is 53.7 Å². The van der Waals surface area contributed by atoms with Gasteiger partial charge in [0.1, 0.15) is 5.82 Å². The SMILES string of the molecule is NC(N)=NN=Cc1ccccc1N1CCN(c2ccc(C(F)(F)F)cn2)CC1. The molecule has 0 aliphatic carbocycles. The zero-order chi connectivity index (χ0) is 20.1. The molecule has 1 saturated heterocycles. The van der Waals surface area contributed by atoms with Crippen molar-refractivity contribution in [2.24, 2.45) is 21.7 Å². The van der Waals surface area contributed by atoms with Gasteiger partial charge in [0, 0.05) is 43.6 Å². The summed E-state index contributed by atoms with van der Waals surface area (Å²) in [5, 5.41) is 7.47. The second kappa shape index (κ2) is 8.15. The van der Waals surface area contributed by atoms with Crippen LogP contribution in [0.5, 0.6) is 0 Å². The van der Waals surface area contributed by atoms with E-state index in [-0.39, 0.29) is 5.96 Å². The molecule has 10 heteroatoms. The minimum Gasteiger partial charge on any atom is -0.369 e. The van der Waals surface area contributed by atoms with Crippen molar-refractivity contribution in [1.82, 2.24) is 4.98 Å². The van der Waals surface area contributed by atoms with E-state index in [2.05, 4.69) is 20.1 Å². The predicted molar refractivity (Wildman–Crippen MR) is 104 cm³/mol. The maximum absolute atomic E-state index is 12.7. The predicted octanol–water partition coefficient (Wildman–Crippen LogP) is 2.03. The summed E-state index contributed by atoms with van der Waals surface area (Å²) in [4.78, 5) is 8.11. The molecule has 2 aromatic rings. The lowest BCUT2D eigenvalue weighted by Crippen LogP contribution is -2.47. The molecule has 7 nitrogen and oxygen atoms in total. The lowest BCUT2D eigenvalue weighted by atomic mass is 10.1. The van der Waals surface area contributed by atoms with Gasteiger partial charge < -0.3 is 21.3 Å². The average molecular weight is 391 g/mol. The van der Waals surface area contributed by atoms with Crippen LogP contribution in [-0.2, 0) is 6.18 Å². The van der Waals surface area contributed by atoms with Gasteiger partial charge in [-0.25, -0.2) is 4.98 Å². The quantitative estimate of drug-likeness (QED) is 0.472. The van der Waals surface area contributed by atoms with Crippen LogP contribution >= 0.6 is 0 Å². The van der Waals surface area contributed by atoms with E-state index in [1.165, 1.54) is 6.07 Å². The maximum atomic E-state index is 12.7. The molecule has 1 fully saturated rings. The molecule has 148 valence electrons. The van der Waals surface area contributed by atoms with E-state index in [0.717, 1.165) is 23.5 Å². The summed E-state index contributed by atoms with van der Waals surface area (Å²) in [6.45, 7) is 2.65. The first-order chi connectivity index (χ1) is 13.3. The first-order valence-electron chi connectivity index (χ1n) is 8.59. The van der Waals surface area contributed by atoms with Gasteiger partial charge >= 0.3 is 6.18 Å². The van der Waals surface area contributed by atoms with Gasteiger partial charge in [-0.3, -0.25) is 0 Å². The van der Waals surface area contributed by atoms with E-state index in [9.17, 15) is 13.2 Å². The van der Waals surface area contributed by atoms with Crippen LogP contribution in [0.2, 0.25) is 0 Å². The number of nitrogens with zero attached hydrogens (tertiary/aromatic N) is 5. The van der Waals surface area contributed by atoms with E-state index in [1.54, 1.807) is 6.21 Å². The highest BCUT2D eigenvalue weighted by molar-refractivity contribution is 5.88. The third-order valence-electron chi connectivity index (χ3n) is 4.33. The number of para-hydroxylation sites is 1. The summed E-state index contributed by atoms with van der Waals surface area (Å²) in [7, 11) is 0. The second-order valence-corrected chi connectivity index (χ2v) is 6.21. The minimum absolute atomic E-state index is 0.119. The molecular weight excluding hydrogens is 371 g/mol. The number of hydrogen-bond acceptors (Lipinski definition) is 5. The van der Waals surface area contributed by atoms with Crippen LogP contribution in [-0.4, -0.2) is 43.3 Å². The van der Waals surface area contributed by atoms with Crippen LogP contribution in [0, 0.1) is 0 Å². The number of hydrogen-bond donors (Lipinski definition) is 2. The zero-order valence-corrected chi connectivity index (χ0v) is 15.0. The number of pyridine rings is 1. The topological polar surface area (TPSA) is 96.1 Å². The first kappa shape index (κ1) is 19.5. The van der Waals surface area contributed by atoms with Gasteiger partial charge in [-0.15, -0.1) is 5.10 Å². The van der Waals surface area contributed by atoms with Crippen LogP contribution in [0.4, 0.5) is 24.7 Å². The fourth-order valence-corrected chi connectivity index (χ4v) is 2.96. The molecule has 0 bridgehead atoms. The average Bonchev–Trinajstić information content (AvgIpc) is 2.68. The molecular formula is C18H20F3N7. The van der Waals surface area contributed by atoms with E-state index in [4.69, 9.17) is 11.5 Å². The smallest absolute Gasteiger partial charge is 0.369 e. The largest absolute Gasteiger partial charge is 0.417 e. The number of halogens is 3. The Hall–Kier alpha value is -3.30. The van der Waals surface area contributed by atoms with E-state index >= 15 is 0 Å². The normalized spacial score (nSPS) is 15.1. The number of nitrogens with two attached hydrogens (primary N) is 2. The molecule has 1 aromatic carbocycles. The summed E-state index contributed by atoms with van der Waals surface area (Å²) >= 11 is 0. The third kappa shape index (κ3) is 4.70. The Bertz CT molecular complexity index is 850. The molecule has 0 unspecified atom stereocenters. The Balaban J connectivity index is 1.68. The molecule has 0 radical (unpaired) electrons. The lowest BCUT2D eigenvalue weighted by molar-refractivity contribution is -0.137. The number of guanidine groups is 1. The number of aromatic nitrogens is 1. The van der Waals surface area contributed by atoms with Crippen molar-refractivity contribution in [2.45, 2.75) is 6.18 Å². The standard InChI is InChI=1S/C18H20F3N7/c19-18(20,21)14-5-6-16(24-12-14)28-9-7-27(8-10-28)15-4-2-1-3-13(15)11-25-26-17(22)23/h1-6,11-12H,7-10H2,(H4,22,23,26). The number of benzene rings is 1. The fraction of sp³-hybridized carbons (Fsp3) is 0.278. The van der Waals surface area contributed by atoms with Gasteiger partial charge in [-0.2, -0.15) is 18.3 Å². The Kier molecular flexibility index (Phi) is 5.67. The van der Waals surface area contributed by atoms with Gasteiger partial charge in [0.2, 0.25) is 5.96 Å². The highest BCUT2D eigenvalue weighted by Crippen LogP contribution is 2.29. The van der Waals surface area contributed by atoms with Crippen molar-refractivity contribution < 1.29 is 13.2 Å². The van der Waals surface area contributed by atoms with Crippen LogP contribution in [0.25, 0.3) is 0 Å². The van der Waals surface area contributed by atoms with E-state index in [0.29, 0.717) is 32.0 Å². The maximum Gasteiger partial charge on any atom is 0.417 e. The van der Waals surface area contributed by atoms with Crippen molar-refractivity contribution in [3.63, 3.8) is 0 Å². The molecule has 2 heterocycles. The van der Waals surface area contributed by atoms with Crippen molar-refractivity contribution >= 4 is 23.7 Å². The molecule has 4 N–H and O–H groups in total. The Labute approximate surface area is 160 Å². The Morgan fingerprint density at radius 1 is 1.00 bits per heavy atom. The molecule has 0 spiro atoms. The minimum atomic E-state index is -4.38. The number of rotatable bonds is 4. The van der Waals surface area contributed by atoms with Crippen LogP contribution in [0.3, 0.4) is 0 Å². The van der Waals surface area contributed by atoms with Gasteiger partial charge in [-0.05, 0) is 18.2 Å². The van der Waals surface area contributed by atoms with Gasteiger partial charge in [0.05, 0.1) is 11.8 Å². The number of piperazine rings is 1. The van der Waals surface area contributed by atoms with Crippen molar-refractivity contribution in [1.29, 1.82) is 0 Å². The summed E-state index contributed by atoms with van der Waals surface area (Å²) in [5.41, 5.74) is 11.6. The molecule has 1 aliphatic heterocycles. The Morgan fingerprint density at radius 3 is 2.29 bits per heavy atom. The van der Waals surface area contributed by atoms with Gasteiger partial charge in [-0.1, -0.05) is 18.2 Å². The highest BCUT2D eigenvalue weighted by atomic mass is 19.4. The molecule has 1 aliphatic rings. The second-order valence-electron chi connectivity index (χ2n) is 6.21. The molecule has 0 saturated carbocycles. The lowest BCUT2D eigenvalue weighted by Gasteiger charge is -2.37. The van der Waals surface area contributed by atoms with E-state index in [1.807, 2.05) is 29.2 Å². The van der Waals surface area contributed by atoms with Crippen LogP contribution in [0.1, 0.15) is 11.1 Å². The monoisotopic (exact) mass is 391 g/mol. The summed E-state index contributed by atoms with van der Waals surface area (Å²) in [6, 6.07) is 10.2.